The van der Waals surface area contributed by atoms with Gasteiger partial charge in [0.05, 0.1) is 6.61 Å². The normalized spacial score (nSPS) is 11.1. The molecule has 20 heavy (non-hydrogen) atoms. The Kier molecular flexibility index (Phi) is 8.19. The number of unbranched alkanes of at least 4 members (excludes halogenated alkanes) is 3. The van der Waals surface area contributed by atoms with Crippen LogP contribution in [0, 0.1) is 12.8 Å². The molecular weight excluding hydrogens is 250 g/mol. The van der Waals surface area contributed by atoms with Gasteiger partial charge in [0.2, 0.25) is 0 Å². The van der Waals surface area contributed by atoms with E-state index in [2.05, 4.69) is 36.1 Å². The zero-order valence-electron chi connectivity index (χ0n) is 13.4. The molecule has 0 spiro atoms. The van der Waals surface area contributed by atoms with Gasteiger partial charge >= 0.3 is 6.01 Å². The van der Waals surface area contributed by atoms with E-state index < -0.39 is 0 Å². The van der Waals surface area contributed by atoms with Crippen LogP contribution in [0.5, 0.6) is 6.01 Å². The first kappa shape index (κ1) is 16.9. The van der Waals surface area contributed by atoms with Crippen LogP contribution in [-0.4, -0.2) is 23.1 Å². The molecule has 1 N–H and O–H groups in total. The Morgan fingerprint density at radius 3 is 2.70 bits per heavy atom. The van der Waals surface area contributed by atoms with Gasteiger partial charge in [-0.1, -0.05) is 40.0 Å². The highest BCUT2D eigenvalue weighted by Gasteiger charge is 2.04. The summed E-state index contributed by atoms with van der Waals surface area (Å²) in [7, 11) is 0. The molecule has 4 nitrogen and oxygen atoms in total. The molecule has 114 valence electrons. The summed E-state index contributed by atoms with van der Waals surface area (Å²) >= 11 is 0. The van der Waals surface area contributed by atoms with Crippen LogP contribution in [0.1, 0.15) is 57.7 Å². The van der Waals surface area contributed by atoms with Gasteiger partial charge in [0.15, 0.2) is 0 Å². The number of aryl methyl sites for hydroxylation is 1. The number of hydrogen-bond acceptors (Lipinski definition) is 4. The maximum absolute atomic E-state index is 5.59. The zero-order valence-corrected chi connectivity index (χ0v) is 13.4. The molecule has 4 heteroatoms. The van der Waals surface area contributed by atoms with Crippen molar-refractivity contribution in [2.45, 2.75) is 59.9 Å². The standard InChI is InChI=1S/C16H29N3O/c1-5-6-7-8-9-20-16-18-12-15(14(4)19-16)11-17-10-13(2)3/h12-13,17H,5-11H2,1-4H3. The van der Waals surface area contributed by atoms with Gasteiger partial charge in [-0.15, -0.1) is 0 Å². The zero-order chi connectivity index (χ0) is 14.8. The molecule has 0 atom stereocenters. The van der Waals surface area contributed by atoms with Crippen molar-refractivity contribution >= 4 is 0 Å². The van der Waals surface area contributed by atoms with Crippen molar-refractivity contribution in [3.05, 3.63) is 17.5 Å². The highest BCUT2D eigenvalue weighted by Crippen LogP contribution is 2.09. The summed E-state index contributed by atoms with van der Waals surface area (Å²) in [6, 6.07) is 0.506. The second kappa shape index (κ2) is 9.70. The molecule has 0 saturated heterocycles. The molecule has 1 heterocycles. The van der Waals surface area contributed by atoms with E-state index in [4.69, 9.17) is 4.74 Å². The van der Waals surface area contributed by atoms with Gasteiger partial charge in [-0.05, 0) is 25.8 Å². The minimum absolute atomic E-state index is 0.506. The summed E-state index contributed by atoms with van der Waals surface area (Å²) < 4.78 is 5.59. The lowest BCUT2D eigenvalue weighted by Crippen LogP contribution is -2.20. The third-order valence-corrected chi connectivity index (χ3v) is 3.16. The fourth-order valence-corrected chi connectivity index (χ4v) is 1.90. The van der Waals surface area contributed by atoms with Crippen molar-refractivity contribution in [2.75, 3.05) is 13.2 Å². The fraction of sp³-hybridized carbons (Fsp3) is 0.750. The van der Waals surface area contributed by atoms with Gasteiger partial charge in [0, 0.05) is 24.0 Å². The van der Waals surface area contributed by atoms with E-state index in [9.17, 15) is 0 Å². The summed E-state index contributed by atoms with van der Waals surface area (Å²) in [6.45, 7) is 11.2. The van der Waals surface area contributed by atoms with E-state index in [-0.39, 0.29) is 0 Å². The van der Waals surface area contributed by atoms with Crippen LogP contribution in [0.15, 0.2) is 6.20 Å². The average molecular weight is 279 g/mol. The molecule has 0 amide bonds. The molecule has 1 rings (SSSR count). The van der Waals surface area contributed by atoms with Crippen molar-refractivity contribution < 1.29 is 4.74 Å². The molecule has 0 unspecified atom stereocenters. The quantitative estimate of drug-likeness (QED) is 0.666. The van der Waals surface area contributed by atoms with Crippen LogP contribution < -0.4 is 10.1 Å². The summed E-state index contributed by atoms with van der Waals surface area (Å²) in [4.78, 5) is 8.70. The van der Waals surface area contributed by atoms with Crippen molar-refractivity contribution in [3.8, 4) is 6.01 Å². The summed E-state index contributed by atoms with van der Waals surface area (Å²) in [5.74, 6) is 0.655. The minimum atomic E-state index is 0.506. The third-order valence-electron chi connectivity index (χ3n) is 3.16. The first-order valence-corrected chi connectivity index (χ1v) is 7.79. The Hall–Kier alpha value is -1.16. The number of rotatable bonds is 10. The molecule has 1 aromatic heterocycles. The van der Waals surface area contributed by atoms with Crippen molar-refractivity contribution in [3.63, 3.8) is 0 Å². The van der Waals surface area contributed by atoms with Crippen molar-refractivity contribution in [2.24, 2.45) is 5.92 Å². The molecule has 0 radical (unpaired) electrons. The largest absolute Gasteiger partial charge is 0.463 e. The van der Waals surface area contributed by atoms with E-state index in [1.165, 1.54) is 19.3 Å². The van der Waals surface area contributed by atoms with Crippen LogP contribution in [0.4, 0.5) is 0 Å². The first-order chi connectivity index (χ1) is 9.63. The monoisotopic (exact) mass is 279 g/mol. The van der Waals surface area contributed by atoms with E-state index >= 15 is 0 Å². The Morgan fingerprint density at radius 2 is 2.05 bits per heavy atom. The predicted octanol–water partition coefficient (Wildman–Crippen LogP) is 3.49. The van der Waals surface area contributed by atoms with Crippen molar-refractivity contribution in [1.82, 2.24) is 15.3 Å². The second-order valence-electron chi connectivity index (χ2n) is 5.70. The first-order valence-electron chi connectivity index (χ1n) is 7.79. The molecule has 1 aromatic rings. The number of nitrogens with zero attached hydrogens (tertiary/aromatic N) is 2. The maximum atomic E-state index is 5.59. The van der Waals surface area contributed by atoms with Gasteiger partial charge in [-0.25, -0.2) is 9.97 Å². The van der Waals surface area contributed by atoms with Gasteiger partial charge in [0.1, 0.15) is 0 Å². The van der Waals surface area contributed by atoms with Crippen LogP contribution in [-0.2, 0) is 6.54 Å². The highest BCUT2D eigenvalue weighted by atomic mass is 16.5. The number of nitrogens with one attached hydrogen (secondary N) is 1. The average Bonchev–Trinajstić information content (AvgIpc) is 2.40. The van der Waals surface area contributed by atoms with E-state index in [1.54, 1.807) is 0 Å². The Morgan fingerprint density at radius 1 is 1.25 bits per heavy atom. The Balaban J connectivity index is 2.35. The molecular formula is C16H29N3O. The van der Waals surface area contributed by atoms with Gasteiger partial charge < -0.3 is 10.1 Å². The molecule has 0 aliphatic carbocycles. The number of ether oxygens (including phenoxy) is 1. The van der Waals surface area contributed by atoms with Gasteiger partial charge in [-0.3, -0.25) is 0 Å². The van der Waals surface area contributed by atoms with Crippen molar-refractivity contribution in [1.29, 1.82) is 0 Å². The Bertz CT molecular complexity index is 380. The lowest BCUT2D eigenvalue weighted by atomic mass is 10.2. The summed E-state index contributed by atoms with van der Waals surface area (Å²) in [6.07, 6.45) is 6.68. The van der Waals surface area contributed by atoms with E-state index in [1.807, 2.05) is 13.1 Å². The maximum Gasteiger partial charge on any atom is 0.316 e. The minimum Gasteiger partial charge on any atom is -0.463 e. The smallest absolute Gasteiger partial charge is 0.316 e. The predicted molar refractivity (Wildman–Crippen MR) is 83.0 cm³/mol. The topological polar surface area (TPSA) is 47.0 Å². The molecule has 0 aromatic carbocycles. The van der Waals surface area contributed by atoms with Crippen LogP contribution in [0.3, 0.4) is 0 Å². The van der Waals surface area contributed by atoms with E-state index in [0.29, 0.717) is 18.5 Å². The van der Waals surface area contributed by atoms with Crippen LogP contribution >= 0.6 is 0 Å². The van der Waals surface area contributed by atoms with Gasteiger partial charge in [0.25, 0.3) is 0 Å². The fourth-order valence-electron chi connectivity index (χ4n) is 1.90. The lowest BCUT2D eigenvalue weighted by Gasteiger charge is -2.10. The molecule has 0 aliphatic rings. The molecule has 0 fully saturated rings. The van der Waals surface area contributed by atoms with Gasteiger partial charge in [-0.2, -0.15) is 0 Å². The SMILES string of the molecule is CCCCCCOc1ncc(CNCC(C)C)c(C)n1. The molecule has 0 aliphatic heterocycles. The molecule has 0 saturated carbocycles. The molecule has 0 bridgehead atoms. The number of hydrogen-bond donors (Lipinski definition) is 1. The van der Waals surface area contributed by atoms with Crippen LogP contribution in [0.2, 0.25) is 0 Å². The van der Waals surface area contributed by atoms with Crippen LogP contribution in [0.25, 0.3) is 0 Å². The summed E-state index contributed by atoms with van der Waals surface area (Å²) in [5.41, 5.74) is 2.14. The Labute approximate surface area is 123 Å². The number of aromatic nitrogens is 2. The highest BCUT2D eigenvalue weighted by molar-refractivity contribution is 5.17. The summed E-state index contributed by atoms with van der Waals surface area (Å²) in [5, 5.41) is 3.41. The third kappa shape index (κ3) is 6.85. The lowest BCUT2D eigenvalue weighted by molar-refractivity contribution is 0.280. The van der Waals surface area contributed by atoms with E-state index in [0.717, 1.165) is 30.8 Å². The second-order valence-corrected chi connectivity index (χ2v) is 5.70.